The molecule has 0 bridgehead atoms. The summed E-state index contributed by atoms with van der Waals surface area (Å²) in [6.07, 6.45) is -1.44. The number of rotatable bonds is 9. The van der Waals surface area contributed by atoms with Gasteiger partial charge in [-0.15, -0.1) is 0 Å². The second kappa shape index (κ2) is 10.00. The molecular weight excluding hydrogens is 338 g/mol. The zero-order chi connectivity index (χ0) is 19.9. The van der Waals surface area contributed by atoms with E-state index in [1.165, 1.54) is 0 Å². The van der Waals surface area contributed by atoms with Crippen molar-refractivity contribution in [2.24, 2.45) is 5.41 Å². The summed E-state index contributed by atoms with van der Waals surface area (Å²) in [5.74, 6) is 0. The van der Waals surface area contributed by atoms with Crippen molar-refractivity contribution in [1.29, 1.82) is 0 Å². The van der Waals surface area contributed by atoms with Crippen LogP contribution in [-0.2, 0) is 13.1 Å². The van der Waals surface area contributed by atoms with Gasteiger partial charge in [-0.2, -0.15) is 0 Å². The summed E-state index contributed by atoms with van der Waals surface area (Å²) < 4.78 is 0. The Morgan fingerprint density at radius 2 is 1.26 bits per heavy atom. The summed E-state index contributed by atoms with van der Waals surface area (Å²) in [7, 11) is 0. The summed E-state index contributed by atoms with van der Waals surface area (Å²) in [4.78, 5) is 2.15. The first-order chi connectivity index (χ1) is 12.8. The molecule has 0 saturated carbocycles. The van der Waals surface area contributed by atoms with Crippen molar-refractivity contribution < 1.29 is 15.3 Å². The molecule has 0 spiro atoms. The summed E-state index contributed by atoms with van der Waals surface area (Å²) in [6.45, 7) is 6.96. The SMILES string of the molecule is CC(C)(C)[C@@H](O)[C@H](O)[C@H](CCO)N(Cc1ccccc1)Cc1ccccc1. The highest BCUT2D eigenvalue weighted by molar-refractivity contribution is 5.17. The molecule has 3 N–H and O–H groups in total. The van der Waals surface area contributed by atoms with Crippen LogP contribution < -0.4 is 0 Å². The minimum absolute atomic E-state index is 0.0430. The zero-order valence-electron chi connectivity index (χ0n) is 16.6. The van der Waals surface area contributed by atoms with Gasteiger partial charge in [0.15, 0.2) is 0 Å². The Bertz CT molecular complexity index is 613. The summed E-state index contributed by atoms with van der Waals surface area (Å²) >= 11 is 0. The molecule has 2 aromatic carbocycles. The molecule has 0 saturated heterocycles. The lowest BCUT2D eigenvalue weighted by molar-refractivity contribution is -0.0903. The number of aliphatic hydroxyl groups excluding tert-OH is 3. The normalized spacial score (nSPS) is 15.5. The highest BCUT2D eigenvalue weighted by atomic mass is 16.3. The van der Waals surface area contributed by atoms with Gasteiger partial charge >= 0.3 is 0 Å². The van der Waals surface area contributed by atoms with E-state index >= 15 is 0 Å². The molecule has 0 aliphatic carbocycles. The summed E-state index contributed by atoms with van der Waals surface area (Å²) in [6, 6.07) is 19.8. The Morgan fingerprint density at radius 3 is 1.63 bits per heavy atom. The predicted octanol–water partition coefficient (Wildman–Crippen LogP) is 3.21. The fourth-order valence-electron chi connectivity index (χ4n) is 3.35. The molecule has 27 heavy (non-hydrogen) atoms. The average Bonchev–Trinajstić information content (AvgIpc) is 2.65. The molecular formula is C23H33NO3. The van der Waals surface area contributed by atoms with Gasteiger partial charge in [0, 0.05) is 25.7 Å². The Labute approximate surface area is 163 Å². The Morgan fingerprint density at radius 1 is 0.815 bits per heavy atom. The molecule has 2 rings (SSSR count). The van der Waals surface area contributed by atoms with Gasteiger partial charge in [-0.05, 0) is 23.0 Å². The smallest absolute Gasteiger partial charge is 0.0960 e. The maximum atomic E-state index is 11.0. The van der Waals surface area contributed by atoms with Crippen LogP contribution in [0, 0.1) is 5.41 Å². The van der Waals surface area contributed by atoms with Crippen molar-refractivity contribution in [3.63, 3.8) is 0 Å². The fraction of sp³-hybridized carbons (Fsp3) is 0.478. The predicted molar refractivity (Wildman–Crippen MR) is 109 cm³/mol. The highest BCUT2D eigenvalue weighted by Crippen LogP contribution is 2.27. The van der Waals surface area contributed by atoms with Crippen LogP contribution in [-0.4, -0.2) is 45.1 Å². The summed E-state index contributed by atoms with van der Waals surface area (Å²) in [5, 5.41) is 31.3. The first-order valence-electron chi connectivity index (χ1n) is 9.62. The first kappa shape index (κ1) is 21.6. The maximum absolute atomic E-state index is 11.0. The Kier molecular flexibility index (Phi) is 7.99. The van der Waals surface area contributed by atoms with Crippen molar-refractivity contribution in [3.8, 4) is 0 Å². The molecule has 0 aromatic heterocycles. The standard InChI is InChI=1S/C23H33NO3/c1-23(2,3)22(27)21(26)20(14-15-25)24(16-18-10-6-4-7-11-18)17-19-12-8-5-9-13-19/h4-13,20-22,25-27H,14-17H2,1-3H3/t20-,21+,22-/m0/s1. The minimum Gasteiger partial charge on any atom is -0.396 e. The molecule has 2 aromatic rings. The van der Waals surface area contributed by atoms with Crippen molar-refractivity contribution >= 4 is 0 Å². The molecule has 0 fully saturated rings. The van der Waals surface area contributed by atoms with E-state index in [4.69, 9.17) is 0 Å². The molecule has 0 aliphatic heterocycles. The molecule has 0 heterocycles. The Balaban J connectivity index is 2.31. The van der Waals surface area contributed by atoms with E-state index < -0.39 is 17.6 Å². The van der Waals surface area contributed by atoms with Crippen LogP contribution >= 0.6 is 0 Å². The van der Waals surface area contributed by atoms with Gasteiger partial charge in [-0.3, -0.25) is 4.90 Å². The van der Waals surface area contributed by atoms with Gasteiger partial charge < -0.3 is 15.3 Å². The van der Waals surface area contributed by atoms with E-state index in [0.717, 1.165) is 11.1 Å². The van der Waals surface area contributed by atoms with E-state index in [1.54, 1.807) is 0 Å². The molecule has 0 aliphatic rings. The minimum atomic E-state index is -0.954. The van der Waals surface area contributed by atoms with Gasteiger partial charge in [-0.25, -0.2) is 0 Å². The van der Waals surface area contributed by atoms with E-state index in [2.05, 4.69) is 29.2 Å². The lowest BCUT2D eigenvalue weighted by Gasteiger charge is -2.40. The van der Waals surface area contributed by atoms with E-state index in [9.17, 15) is 15.3 Å². The van der Waals surface area contributed by atoms with Crippen molar-refractivity contribution in [2.75, 3.05) is 6.61 Å². The summed E-state index contributed by atoms with van der Waals surface area (Å²) in [5.41, 5.74) is 1.82. The van der Waals surface area contributed by atoms with Crippen LogP contribution in [0.4, 0.5) is 0 Å². The first-order valence-corrected chi connectivity index (χ1v) is 9.62. The Hall–Kier alpha value is -1.72. The third-order valence-corrected chi connectivity index (χ3v) is 4.96. The number of nitrogens with zero attached hydrogens (tertiary/aromatic N) is 1. The molecule has 4 heteroatoms. The van der Waals surface area contributed by atoms with Crippen LogP contribution in [0.2, 0.25) is 0 Å². The fourth-order valence-corrected chi connectivity index (χ4v) is 3.35. The lowest BCUT2D eigenvalue weighted by atomic mass is 9.82. The largest absolute Gasteiger partial charge is 0.396 e. The molecule has 0 radical (unpaired) electrons. The third-order valence-electron chi connectivity index (χ3n) is 4.96. The quantitative estimate of drug-likeness (QED) is 0.633. The van der Waals surface area contributed by atoms with E-state index in [-0.39, 0.29) is 12.6 Å². The van der Waals surface area contributed by atoms with Crippen molar-refractivity contribution in [1.82, 2.24) is 4.90 Å². The van der Waals surface area contributed by atoms with Crippen LogP contribution in [0.15, 0.2) is 60.7 Å². The van der Waals surface area contributed by atoms with E-state index in [0.29, 0.717) is 19.5 Å². The number of benzene rings is 2. The number of hydrogen-bond acceptors (Lipinski definition) is 4. The van der Waals surface area contributed by atoms with Gasteiger partial charge in [0.25, 0.3) is 0 Å². The molecule has 148 valence electrons. The second-order valence-corrected chi connectivity index (χ2v) is 8.26. The molecule has 3 atom stereocenters. The van der Waals surface area contributed by atoms with Crippen LogP contribution in [0.3, 0.4) is 0 Å². The van der Waals surface area contributed by atoms with Gasteiger partial charge in [0.05, 0.1) is 12.2 Å². The van der Waals surface area contributed by atoms with Crippen LogP contribution in [0.5, 0.6) is 0 Å². The second-order valence-electron chi connectivity index (χ2n) is 8.26. The van der Waals surface area contributed by atoms with Crippen LogP contribution in [0.25, 0.3) is 0 Å². The third kappa shape index (κ3) is 6.43. The van der Waals surface area contributed by atoms with Gasteiger partial charge in [0.2, 0.25) is 0 Å². The van der Waals surface area contributed by atoms with E-state index in [1.807, 2.05) is 57.2 Å². The van der Waals surface area contributed by atoms with Gasteiger partial charge in [0.1, 0.15) is 0 Å². The maximum Gasteiger partial charge on any atom is 0.0960 e. The molecule has 0 unspecified atom stereocenters. The molecule has 0 amide bonds. The average molecular weight is 372 g/mol. The van der Waals surface area contributed by atoms with Gasteiger partial charge in [-0.1, -0.05) is 81.4 Å². The van der Waals surface area contributed by atoms with Crippen LogP contribution in [0.1, 0.15) is 38.3 Å². The number of hydrogen-bond donors (Lipinski definition) is 3. The van der Waals surface area contributed by atoms with Crippen molar-refractivity contribution in [2.45, 2.75) is 58.5 Å². The molecule has 4 nitrogen and oxygen atoms in total. The lowest BCUT2D eigenvalue weighted by Crippen LogP contribution is -2.52. The van der Waals surface area contributed by atoms with Crippen molar-refractivity contribution in [3.05, 3.63) is 71.8 Å². The highest BCUT2D eigenvalue weighted by Gasteiger charge is 2.36. The number of aliphatic hydroxyl groups is 3. The monoisotopic (exact) mass is 371 g/mol. The zero-order valence-corrected chi connectivity index (χ0v) is 16.6. The topological polar surface area (TPSA) is 63.9 Å².